The Labute approximate surface area is 112 Å². The molecule has 1 rings (SSSR count). The van der Waals surface area contributed by atoms with Gasteiger partial charge in [-0.1, -0.05) is 38.8 Å². The molecule has 0 aliphatic rings. The number of benzene rings is 1. The average Bonchev–Trinajstić information content (AvgIpc) is 2.37. The van der Waals surface area contributed by atoms with Gasteiger partial charge >= 0.3 is 0 Å². The van der Waals surface area contributed by atoms with Gasteiger partial charge in [0.2, 0.25) is 0 Å². The fraction of sp³-hybridized carbons (Fsp3) is 0.625. The molecular weight excluding hydrogens is 222 g/mol. The van der Waals surface area contributed by atoms with Crippen molar-refractivity contribution < 1.29 is 4.74 Å². The molecule has 0 saturated heterocycles. The van der Waals surface area contributed by atoms with Crippen molar-refractivity contribution in [2.24, 2.45) is 0 Å². The molecule has 2 heteroatoms. The third-order valence-corrected chi connectivity index (χ3v) is 3.58. The standard InChI is InChI=1S/C16H27NO/c1-6-8-9-15(17-7-2)14-11-10-12(3)13(4)16(14)18-5/h10-11,15,17H,6-9H2,1-5H3. The van der Waals surface area contributed by atoms with E-state index in [1.165, 1.54) is 36.0 Å². The lowest BCUT2D eigenvalue weighted by Gasteiger charge is -2.22. The first-order chi connectivity index (χ1) is 8.65. The Hall–Kier alpha value is -1.02. The SMILES string of the molecule is CCCCC(NCC)c1ccc(C)c(C)c1OC. The first kappa shape index (κ1) is 15.0. The summed E-state index contributed by atoms with van der Waals surface area (Å²) in [4.78, 5) is 0. The lowest BCUT2D eigenvalue weighted by molar-refractivity contribution is 0.391. The number of hydrogen-bond acceptors (Lipinski definition) is 2. The highest BCUT2D eigenvalue weighted by molar-refractivity contribution is 5.46. The van der Waals surface area contributed by atoms with Crippen LogP contribution in [0.25, 0.3) is 0 Å². The summed E-state index contributed by atoms with van der Waals surface area (Å²) in [6.45, 7) is 9.66. The zero-order valence-electron chi connectivity index (χ0n) is 12.5. The Balaban J connectivity index is 3.06. The van der Waals surface area contributed by atoms with E-state index in [-0.39, 0.29) is 0 Å². The number of nitrogens with one attached hydrogen (secondary N) is 1. The van der Waals surface area contributed by atoms with Gasteiger partial charge in [-0.15, -0.1) is 0 Å². The van der Waals surface area contributed by atoms with Crippen molar-refractivity contribution in [3.8, 4) is 5.75 Å². The van der Waals surface area contributed by atoms with Crippen LogP contribution < -0.4 is 10.1 Å². The monoisotopic (exact) mass is 249 g/mol. The largest absolute Gasteiger partial charge is 0.496 e. The molecule has 0 radical (unpaired) electrons. The fourth-order valence-corrected chi connectivity index (χ4v) is 2.38. The van der Waals surface area contributed by atoms with Crippen LogP contribution in [-0.4, -0.2) is 13.7 Å². The molecular formula is C16H27NO. The lowest BCUT2D eigenvalue weighted by atomic mass is 9.95. The van der Waals surface area contributed by atoms with E-state index in [1.807, 2.05) is 0 Å². The third-order valence-electron chi connectivity index (χ3n) is 3.58. The van der Waals surface area contributed by atoms with E-state index in [0.717, 1.165) is 12.3 Å². The molecule has 1 unspecified atom stereocenters. The molecule has 2 nitrogen and oxygen atoms in total. The molecule has 1 N–H and O–H groups in total. The molecule has 0 aliphatic carbocycles. The third kappa shape index (κ3) is 3.49. The molecule has 0 heterocycles. The molecule has 0 bridgehead atoms. The van der Waals surface area contributed by atoms with Crippen LogP contribution in [-0.2, 0) is 0 Å². The van der Waals surface area contributed by atoms with E-state index in [9.17, 15) is 0 Å². The molecule has 1 atom stereocenters. The summed E-state index contributed by atoms with van der Waals surface area (Å²) in [5.41, 5.74) is 3.85. The number of aryl methyl sites for hydroxylation is 1. The Morgan fingerprint density at radius 1 is 1.22 bits per heavy atom. The van der Waals surface area contributed by atoms with Gasteiger partial charge in [-0.2, -0.15) is 0 Å². The summed E-state index contributed by atoms with van der Waals surface area (Å²) in [6, 6.07) is 4.82. The van der Waals surface area contributed by atoms with Crippen molar-refractivity contribution in [1.82, 2.24) is 5.32 Å². The van der Waals surface area contributed by atoms with Gasteiger partial charge in [0.15, 0.2) is 0 Å². The van der Waals surface area contributed by atoms with Crippen LogP contribution in [0, 0.1) is 13.8 Å². The molecule has 1 aromatic rings. The highest BCUT2D eigenvalue weighted by Gasteiger charge is 2.17. The minimum atomic E-state index is 0.407. The zero-order chi connectivity index (χ0) is 13.5. The summed E-state index contributed by atoms with van der Waals surface area (Å²) in [7, 11) is 1.77. The molecule has 0 amide bonds. The predicted octanol–water partition coefficient (Wildman–Crippen LogP) is 4.15. The van der Waals surface area contributed by atoms with Crippen LogP contribution >= 0.6 is 0 Å². The fourth-order valence-electron chi connectivity index (χ4n) is 2.38. The van der Waals surface area contributed by atoms with Crippen LogP contribution in [0.1, 0.15) is 55.8 Å². The topological polar surface area (TPSA) is 21.3 Å². The number of unbranched alkanes of at least 4 members (excludes halogenated alkanes) is 1. The summed E-state index contributed by atoms with van der Waals surface area (Å²) >= 11 is 0. The van der Waals surface area contributed by atoms with Gasteiger partial charge < -0.3 is 10.1 Å². The molecule has 1 aromatic carbocycles. The molecule has 0 saturated carbocycles. The molecule has 0 aromatic heterocycles. The van der Waals surface area contributed by atoms with E-state index in [0.29, 0.717) is 6.04 Å². The second kappa shape index (κ2) is 7.42. The van der Waals surface area contributed by atoms with Gasteiger partial charge in [0.05, 0.1) is 7.11 Å². The van der Waals surface area contributed by atoms with E-state index in [2.05, 4.69) is 45.1 Å². The molecule has 0 spiro atoms. The number of hydrogen-bond donors (Lipinski definition) is 1. The van der Waals surface area contributed by atoms with Gasteiger partial charge in [-0.3, -0.25) is 0 Å². The maximum absolute atomic E-state index is 5.62. The lowest BCUT2D eigenvalue weighted by Crippen LogP contribution is -2.21. The van der Waals surface area contributed by atoms with E-state index in [4.69, 9.17) is 4.74 Å². The van der Waals surface area contributed by atoms with Crippen LogP contribution in [0.15, 0.2) is 12.1 Å². The Morgan fingerprint density at radius 3 is 2.50 bits per heavy atom. The molecule has 0 fully saturated rings. The first-order valence-corrected chi connectivity index (χ1v) is 7.03. The van der Waals surface area contributed by atoms with Crippen molar-refractivity contribution in [3.05, 3.63) is 28.8 Å². The van der Waals surface area contributed by atoms with Crippen LogP contribution in [0.5, 0.6) is 5.75 Å². The number of methoxy groups -OCH3 is 1. The van der Waals surface area contributed by atoms with Gasteiger partial charge in [0.1, 0.15) is 5.75 Å². The Morgan fingerprint density at radius 2 is 1.94 bits per heavy atom. The predicted molar refractivity (Wildman–Crippen MR) is 78.4 cm³/mol. The smallest absolute Gasteiger partial charge is 0.126 e. The van der Waals surface area contributed by atoms with Crippen molar-refractivity contribution in [2.75, 3.05) is 13.7 Å². The van der Waals surface area contributed by atoms with Crippen molar-refractivity contribution in [3.63, 3.8) is 0 Å². The highest BCUT2D eigenvalue weighted by atomic mass is 16.5. The van der Waals surface area contributed by atoms with E-state index < -0.39 is 0 Å². The van der Waals surface area contributed by atoms with Gasteiger partial charge in [-0.05, 0) is 37.9 Å². The van der Waals surface area contributed by atoms with E-state index >= 15 is 0 Å². The molecule has 102 valence electrons. The highest BCUT2D eigenvalue weighted by Crippen LogP contribution is 2.33. The van der Waals surface area contributed by atoms with E-state index in [1.54, 1.807) is 7.11 Å². The van der Waals surface area contributed by atoms with Crippen molar-refractivity contribution in [2.45, 2.75) is 53.0 Å². The van der Waals surface area contributed by atoms with Crippen LogP contribution in [0.2, 0.25) is 0 Å². The second-order valence-corrected chi connectivity index (χ2v) is 4.88. The Kier molecular flexibility index (Phi) is 6.20. The summed E-state index contributed by atoms with van der Waals surface area (Å²) < 4.78 is 5.62. The van der Waals surface area contributed by atoms with Crippen molar-refractivity contribution in [1.29, 1.82) is 0 Å². The van der Waals surface area contributed by atoms with Gasteiger partial charge in [0, 0.05) is 11.6 Å². The maximum Gasteiger partial charge on any atom is 0.126 e. The Bertz CT molecular complexity index is 374. The number of rotatable bonds is 7. The first-order valence-electron chi connectivity index (χ1n) is 7.03. The quantitative estimate of drug-likeness (QED) is 0.783. The number of ether oxygens (including phenoxy) is 1. The zero-order valence-corrected chi connectivity index (χ0v) is 12.5. The summed E-state index contributed by atoms with van der Waals surface area (Å²) in [5, 5.41) is 3.58. The molecule has 0 aliphatic heterocycles. The van der Waals surface area contributed by atoms with Crippen molar-refractivity contribution >= 4 is 0 Å². The van der Waals surface area contributed by atoms with Crippen LogP contribution in [0.4, 0.5) is 0 Å². The summed E-state index contributed by atoms with van der Waals surface area (Å²) in [5.74, 6) is 1.05. The normalized spacial score (nSPS) is 12.5. The van der Waals surface area contributed by atoms with Gasteiger partial charge in [0.25, 0.3) is 0 Å². The molecule has 18 heavy (non-hydrogen) atoms. The average molecular weight is 249 g/mol. The minimum absolute atomic E-state index is 0.407. The minimum Gasteiger partial charge on any atom is -0.496 e. The van der Waals surface area contributed by atoms with Gasteiger partial charge in [-0.25, -0.2) is 0 Å². The maximum atomic E-state index is 5.62. The summed E-state index contributed by atoms with van der Waals surface area (Å²) in [6.07, 6.45) is 3.64. The second-order valence-electron chi connectivity index (χ2n) is 4.88. The van der Waals surface area contributed by atoms with Crippen LogP contribution in [0.3, 0.4) is 0 Å².